The van der Waals surface area contributed by atoms with E-state index in [0.717, 1.165) is 48.9 Å². The van der Waals surface area contributed by atoms with Crippen LogP contribution < -0.4 is 0 Å². The second kappa shape index (κ2) is 6.61. The van der Waals surface area contributed by atoms with Crippen LogP contribution in [0.3, 0.4) is 0 Å². The summed E-state index contributed by atoms with van der Waals surface area (Å²) in [5.74, 6) is 1.24. The van der Waals surface area contributed by atoms with Crippen LogP contribution >= 0.6 is 11.3 Å². The van der Waals surface area contributed by atoms with Crippen molar-refractivity contribution in [2.75, 3.05) is 26.2 Å². The highest BCUT2D eigenvalue weighted by atomic mass is 32.1. The van der Waals surface area contributed by atoms with Crippen LogP contribution in [0.1, 0.15) is 21.1 Å². The quantitative estimate of drug-likeness (QED) is 0.726. The lowest BCUT2D eigenvalue weighted by Crippen LogP contribution is -2.48. The Kier molecular flexibility index (Phi) is 4.31. The minimum atomic E-state index is 0.160. The minimum Gasteiger partial charge on any atom is -0.335 e. The predicted octanol–water partition coefficient (Wildman–Crippen LogP) is 2.90. The van der Waals surface area contributed by atoms with Crippen molar-refractivity contribution in [3.63, 3.8) is 0 Å². The number of carbonyl (C=O) groups is 1. The first-order valence-electron chi connectivity index (χ1n) is 8.59. The SMILES string of the molecule is Cc1ccc2c(c1)nc(CN1CCN(C(=O)c3cccs3)CC1)n2C. The number of carbonyl (C=O) groups excluding carboxylic acids is 1. The van der Waals surface area contributed by atoms with E-state index in [9.17, 15) is 4.79 Å². The Hall–Kier alpha value is -2.18. The second-order valence-electron chi connectivity index (χ2n) is 6.62. The van der Waals surface area contributed by atoms with E-state index in [2.05, 4.69) is 41.6 Å². The lowest BCUT2D eigenvalue weighted by atomic mass is 10.2. The highest BCUT2D eigenvalue weighted by Gasteiger charge is 2.23. The number of piperazine rings is 1. The zero-order chi connectivity index (χ0) is 17.4. The number of thiophene rings is 1. The summed E-state index contributed by atoms with van der Waals surface area (Å²) in [5.41, 5.74) is 3.47. The van der Waals surface area contributed by atoms with Gasteiger partial charge in [0.15, 0.2) is 0 Å². The van der Waals surface area contributed by atoms with Crippen LogP contribution in [0.4, 0.5) is 0 Å². The third kappa shape index (κ3) is 3.19. The maximum absolute atomic E-state index is 12.4. The van der Waals surface area contributed by atoms with E-state index in [0.29, 0.717) is 0 Å². The number of amides is 1. The monoisotopic (exact) mass is 354 g/mol. The van der Waals surface area contributed by atoms with Crippen LogP contribution in [-0.4, -0.2) is 51.4 Å². The van der Waals surface area contributed by atoms with Crippen molar-refractivity contribution in [1.82, 2.24) is 19.4 Å². The van der Waals surface area contributed by atoms with Gasteiger partial charge in [0.2, 0.25) is 0 Å². The predicted molar refractivity (Wildman–Crippen MR) is 101 cm³/mol. The van der Waals surface area contributed by atoms with Crippen LogP contribution in [0.2, 0.25) is 0 Å². The summed E-state index contributed by atoms with van der Waals surface area (Å²) in [6.07, 6.45) is 0. The molecule has 0 aliphatic carbocycles. The van der Waals surface area contributed by atoms with Gasteiger partial charge >= 0.3 is 0 Å². The molecule has 3 aromatic rings. The van der Waals surface area contributed by atoms with Gasteiger partial charge in [-0.25, -0.2) is 4.98 Å². The molecular formula is C19H22N4OS. The van der Waals surface area contributed by atoms with E-state index in [1.807, 2.05) is 22.4 Å². The summed E-state index contributed by atoms with van der Waals surface area (Å²) in [4.78, 5) is 22.4. The molecule has 1 aliphatic rings. The Bertz CT molecular complexity index is 892. The molecule has 25 heavy (non-hydrogen) atoms. The number of hydrogen-bond acceptors (Lipinski definition) is 4. The molecule has 1 aromatic carbocycles. The van der Waals surface area contributed by atoms with Gasteiger partial charge in [0.05, 0.1) is 22.5 Å². The third-order valence-electron chi connectivity index (χ3n) is 4.89. The number of imidazole rings is 1. The first-order chi connectivity index (χ1) is 12.1. The van der Waals surface area contributed by atoms with E-state index in [-0.39, 0.29) is 5.91 Å². The van der Waals surface area contributed by atoms with Crippen molar-refractivity contribution < 1.29 is 4.79 Å². The number of nitrogens with zero attached hydrogens (tertiary/aromatic N) is 4. The van der Waals surface area contributed by atoms with E-state index < -0.39 is 0 Å². The van der Waals surface area contributed by atoms with Gasteiger partial charge in [0.1, 0.15) is 5.82 Å². The van der Waals surface area contributed by atoms with Crippen molar-refractivity contribution in [1.29, 1.82) is 0 Å². The van der Waals surface area contributed by atoms with Gasteiger partial charge < -0.3 is 9.47 Å². The van der Waals surface area contributed by atoms with Crippen LogP contribution in [0.15, 0.2) is 35.7 Å². The Morgan fingerprint density at radius 2 is 2.00 bits per heavy atom. The summed E-state index contributed by atoms with van der Waals surface area (Å²) >= 11 is 1.52. The van der Waals surface area contributed by atoms with E-state index in [1.165, 1.54) is 22.4 Å². The Labute approximate surface area is 151 Å². The van der Waals surface area contributed by atoms with E-state index in [1.54, 1.807) is 0 Å². The molecule has 3 heterocycles. The van der Waals surface area contributed by atoms with Gasteiger partial charge in [0.25, 0.3) is 5.91 Å². The summed E-state index contributed by atoms with van der Waals surface area (Å²) in [7, 11) is 2.08. The fourth-order valence-electron chi connectivity index (χ4n) is 3.37. The smallest absolute Gasteiger partial charge is 0.264 e. The number of aromatic nitrogens is 2. The average molecular weight is 354 g/mol. The van der Waals surface area contributed by atoms with Gasteiger partial charge in [-0.05, 0) is 36.1 Å². The molecule has 1 amide bonds. The molecule has 0 unspecified atom stereocenters. The molecule has 5 nitrogen and oxygen atoms in total. The molecule has 0 spiro atoms. The number of fused-ring (bicyclic) bond motifs is 1. The molecule has 1 saturated heterocycles. The normalized spacial score (nSPS) is 15.8. The van der Waals surface area contributed by atoms with E-state index in [4.69, 9.17) is 4.98 Å². The summed E-state index contributed by atoms with van der Waals surface area (Å²) < 4.78 is 2.18. The molecule has 0 bridgehead atoms. The van der Waals surface area contributed by atoms with Crippen molar-refractivity contribution in [3.05, 3.63) is 52.0 Å². The minimum absolute atomic E-state index is 0.160. The highest BCUT2D eigenvalue weighted by molar-refractivity contribution is 7.12. The molecule has 0 N–H and O–H groups in total. The average Bonchev–Trinajstić information content (AvgIpc) is 3.24. The molecule has 2 aromatic heterocycles. The molecule has 0 radical (unpaired) electrons. The van der Waals surface area contributed by atoms with Crippen LogP contribution in [0.25, 0.3) is 11.0 Å². The van der Waals surface area contributed by atoms with Gasteiger partial charge in [-0.3, -0.25) is 9.69 Å². The molecule has 1 aliphatic heterocycles. The van der Waals surface area contributed by atoms with Crippen molar-refractivity contribution in [2.24, 2.45) is 7.05 Å². The Morgan fingerprint density at radius 1 is 1.20 bits per heavy atom. The first-order valence-corrected chi connectivity index (χ1v) is 9.47. The van der Waals surface area contributed by atoms with Gasteiger partial charge in [-0.2, -0.15) is 0 Å². The number of aryl methyl sites for hydroxylation is 2. The van der Waals surface area contributed by atoms with Crippen molar-refractivity contribution in [2.45, 2.75) is 13.5 Å². The molecule has 1 fully saturated rings. The van der Waals surface area contributed by atoms with Crippen LogP contribution in [-0.2, 0) is 13.6 Å². The maximum Gasteiger partial charge on any atom is 0.264 e. The van der Waals surface area contributed by atoms with Crippen LogP contribution in [0, 0.1) is 6.92 Å². The molecule has 0 atom stereocenters. The van der Waals surface area contributed by atoms with E-state index >= 15 is 0 Å². The summed E-state index contributed by atoms with van der Waals surface area (Å²) in [6.45, 7) is 6.25. The molecule has 130 valence electrons. The zero-order valence-electron chi connectivity index (χ0n) is 14.6. The zero-order valence-corrected chi connectivity index (χ0v) is 15.4. The molecule has 6 heteroatoms. The summed E-state index contributed by atoms with van der Waals surface area (Å²) in [6, 6.07) is 10.2. The topological polar surface area (TPSA) is 41.4 Å². The number of benzene rings is 1. The lowest BCUT2D eigenvalue weighted by molar-refractivity contribution is 0.0629. The van der Waals surface area contributed by atoms with Crippen molar-refractivity contribution in [3.8, 4) is 0 Å². The van der Waals surface area contributed by atoms with Crippen molar-refractivity contribution >= 4 is 28.3 Å². The lowest BCUT2D eigenvalue weighted by Gasteiger charge is -2.34. The fourth-order valence-corrected chi connectivity index (χ4v) is 4.06. The third-order valence-corrected chi connectivity index (χ3v) is 5.74. The number of hydrogen-bond donors (Lipinski definition) is 0. The highest BCUT2D eigenvalue weighted by Crippen LogP contribution is 2.19. The van der Waals surface area contributed by atoms with Crippen LogP contribution in [0.5, 0.6) is 0 Å². The van der Waals surface area contributed by atoms with Gasteiger partial charge in [0, 0.05) is 33.2 Å². The molecule has 0 saturated carbocycles. The standard InChI is InChI=1S/C19H22N4OS/c1-14-5-6-16-15(12-14)20-18(21(16)2)13-22-7-9-23(10-8-22)19(24)17-4-3-11-25-17/h3-6,11-12H,7-10,13H2,1-2H3. The van der Waals surface area contributed by atoms with Gasteiger partial charge in [-0.15, -0.1) is 11.3 Å². The Balaban J connectivity index is 1.42. The largest absolute Gasteiger partial charge is 0.335 e. The molecule has 4 rings (SSSR count). The Morgan fingerprint density at radius 3 is 2.72 bits per heavy atom. The first kappa shape index (κ1) is 16.3. The summed E-state index contributed by atoms with van der Waals surface area (Å²) in [5, 5.41) is 1.96. The fraction of sp³-hybridized carbons (Fsp3) is 0.368. The van der Waals surface area contributed by atoms with Gasteiger partial charge in [-0.1, -0.05) is 12.1 Å². The maximum atomic E-state index is 12.4. The molecular weight excluding hydrogens is 332 g/mol. The number of rotatable bonds is 3. The second-order valence-corrected chi connectivity index (χ2v) is 7.57.